The Morgan fingerprint density at radius 1 is 1.09 bits per heavy atom. The Balaban J connectivity index is 0.00000385. The number of alkyl halides is 2. The minimum atomic E-state index is -2.94. The molecule has 1 fully saturated rings. The average Bonchev–Trinajstić information content (AvgIpc) is 2.82. The SMILES string of the molecule is CCOc1cccc(CNC(=NC)NCC2(c3ccccc3)CCOCC2)c1OC(F)F.I. The molecule has 9 heteroatoms. The third-order valence-corrected chi connectivity index (χ3v) is 5.67. The first kappa shape index (κ1) is 27.1. The van der Waals surface area contributed by atoms with Crippen molar-refractivity contribution in [1.29, 1.82) is 0 Å². The number of hydrogen-bond acceptors (Lipinski definition) is 4. The lowest BCUT2D eigenvalue weighted by atomic mass is 9.74. The second-order valence-electron chi connectivity index (χ2n) is 7.59. The summed E-state index contributed by atoms with van der Waals surface area (Å²) in [6, 6.07) is 15.5. The van der Waals surface area contributed by atoms with Crippen molar-refractivity contribution in [1.82, 2.24) is 10.6 Å². The minimum Gasteiger partial charge on any atom is -0.490 e. The molecule has 0 spiro atoms. The van der Waals surface area contributed by atoms with E-state index in [2.05, 4.69) is 39.9 Å². The van der Waals surface area contributed by atoms with Crippen LogP contribution in [0, 0.1) is 0 Å². The minimum absolute atomic E-state index is 0. The Labute approximate surface area is 211 Å². The molecule has 0 bridgehead atoms. The zero-order valence-electron chi connectivity index (χ0n) is 19.0. The molecule has 3 rings (SSSR count). The van der Waals surface area contributed by atoms with Gasteiger partial charge in [-0.15, -0.1) is 24.0 Å². The molecule has 2 aromatic carbocycles. The van der Waals surface area contributed by atoms with Crippen molar-refractivity contribution in [3.8, 4) is 11.5 Å². The van der Waals surface area contributed by atoms with Crippen molar-refractivity contribution in [3.05, 3.63) is 59.7 Å². The Bertz CT molecular complexity index is 879. The lowest BCUT2D eigenvalue weighted by Crippen LogP contribution is -2.47. The maximum atomic E-state index is 13.0. The summed E-state index contributed by atoms with van der Waals surface area (Å²) in [5.74, 6) is 0.911. The molecule has 0 aliphatic carbocycles. The molecule has 1 aliphatic heterocycles. The van der Waals surface area contributed by atoms with Crippen molar-refractivity contribution in [2.24, 2.45) is 4.99 Å². The molecule has 6 nitrogen and oxygen atoms in total. The van der Waals surface area contributed by atoms with Gasteiger partial charge in [0.2, 0.25) is 0 Å². The van der Waals surface area contributed by atoms with Crippen LogP contribution in [0.25, 0.3) is 0 Å². The van der Waals surface area contributed by atoms with E-state index in [0.717, 1.165) is 12.8 Å². The van der Waals surface area contributed by atoms with Crippen molar-refractivity contribution < 1.29 is 23.0 Å². The normalized spacial score (nSPS) is 15.5. The molecule has 0 unspecified atom stereocenters. The number of benzene rings is 2. The van der Waals surface area contributed by atoms with E-state index in [4.69, 9.17) is 14.2 Å². The van der Waals surface area contributed by atoms with Crippen LogP contribution in [-0.2, 0) is 16.7 Å². The third-order valence-electron chi connectivity index (χ3n) is 5.67. The predicted octanol–water partition coefficient (Wildman–Crippen LogP) is 4.72. The van der Waals surface area contributed by atoms with Crippen LogP contribution in [0.4, 0.5) is 8.78 Å². The van der Waals surface area contributed by atoms with E-state index in [1.807, 2.05) is 6.07 Å². The molecule has 1 heterocycles. The molecule has 2 aromatic rings. The number of hydrogen-bond donors (Lipinski definition) is 2. The van der Waals surface area contributed by atoms with Crippen LogP contribution in [0.15, 0.2) is 53.5 Å². The Hall–Kier alpha value is -2.14. The first-order valence-corrected chi connectivity index (χ1v) is 10.9. The van der Waals surface area contributed by atoms with Crippen LogP contribution >= 0.6 is 24.0 Å². The van der Waals surface area contributed by atoms with E-state index in [9.17, 15) is 8.78 Å². The zero-order valence-corrected chi connectivity index (χ0v) is 21.3. The molecule has 0 radical (unpaired) electrons. The van der Waals surface area contributed by atoms with Crippen molar-refractivity contribution in [3.63, 3.8) is 0 Å². The van der Waals surface area contributed by atoms with Gasteiger partial charge in [-0.3, -0.25) is 4.99 Å². The van der Waals surface area contributed by atoms with Crippen molar-refractivity contribution in [2.75, 3.05) is 33.4 Å². The van der Waals surface area contributed by atoms with Gasteiger partial charge in [0.1, 0.15) is 0 Å². The van der Waals surface area contributed by atoms with E-state index >= 15 is 0 Å². The van der Waals surface area contributed by atoms with Crippen molar-refractivity contribution >= 4 is 29.9 Å². The van der Waals surface area contributed by atoms with E-state index < -0.39 is 6.61 Å². The summed E-state index contributed by atoms with van der Waals surface area (Å²) in [6.45, 7) is 1.56. The monoisotopic (exact) mass is 575 g/mol. The fourth-order valence-corrected chi connectivity index (χ4v) is 3.97. The van der Waals surface area contributed by atoms with Gasteiger partial charge in [0, 0.05) is 44.3 Å². The van der Waals surface area contributed by atoms with Gasteiger partial charge in [-0.05, 0) is 31.4 Å². The summed E-state index contributed by atoms with van der Waals surface area (Å²) >= 11 is 0. The topological polar surface area (TPSA) is 64.1 Å². The lowest BCUT2D eigenvalue weighted by molar-refractivity contribution is -0.0520. The lowest BCUT2D eigenvalue weighted by Gasteiger charge is -2.38. The number of aliphatic imine (C=N–C) groups is 1. The fraction of sp³-hybridized carbons (Fsp3) is 0.458. The second kappa shape index (κ2) is 13.5. The molecule has 1 saturated heterocycles. The summed E-state index contributed by atoms with van der Waals surface area (Å²) in [5, 5.41) is 6.62. The Morgan fingerprint density at radius 3 is 2.45 bits per heavy atom. The molecule has 2 N–H and O–H groups in total. The number of ether oxygens (including phenoxy) is 3. The van der Waals surface area contributed by atoms with Gasteiger partial charge in [-0.2, -0.15) is 8.78 Å². The largest absolute Gasteiger partial charge is 0.490 e. The van der Waals surface area contributed by atoms with Gasteiger partial charge in [0.25, 0.3) is 0 Å². The number of guanidine groups is 1. The van der Waals surface area contributed by atoms with Crippen LogP contribution < -0.4 is 20.1 Å². The molecule has 0 atom stereocenters. The molecule has 0 aromatic heterocycles. The van der Waals surface area contributed by atoms with Gasteiger partial charge in [0.05, 0.1) is 6.61 Å². The molecular weight excluding hydrogens is 543 g/mol. The van der Waals surface area contributed by atoms with E-state index in [1.54, 1.807) is 32.2 Å². The van der Waals surface area contributed by atoms with Crippen LogP contribution in [-0.4, -0.2) is 46.0 Å². The quantitative estimate of drug-likeness (QED) is 0.258. The number of para-hydroxylation sites is 1. The van der Waals surface area contributed by atoms with E-state index in [1.165, 1.54) is 5.56 Å². The summed E-state index contributed by atoms with van der Waals surface area (Å²) < 4.78 is 41.8. The first-order valence-electron chi connectivity index (χ1n) is 10.9. The molecule has 1 aliphatic rings. The Kier molecular flexibility index (Phi) is 11.1. The molecule has 0 amide bonds. The first-order chi connectivity index (χ1) is 15.6. The zero-order chi connectivity index (χ0) is 22.8. The molecule has 33 heavy (non-hydrogen) atoms. The highest BCUT2D eigenvalue weighted by Crippen LogP contribution is 2.34. The standard InChI is InChI=1S/C24H31F2N3O3.HI/c1-3-31-20-11-7-8-18(21(20)32-22(25)26)16-28-23(27-2)29-17-24(12-14-30-15-13-24)19-9-5-4-6-10-19;/h4-11,22H,3,12-17H2,1-2H3,(H2,27,28,29);1H. The van der Waals surface area contributed by atoms with Crippen LogP contribution in [0.2, 0.25) is 0 Å². The second-order valence-corrected chi connectivity index (χ2v) is 7.59. The van der Waals surface area contributed by atoms with Gasteiger partial charge >= 0.3 is 6.61 Å². The number of halogens is 3. The fourth-order valence-electron chi connectivity index (χ4n) is 3.97. The highest BCUT2D eigenvalue weighted by atomic mass is 127. The maximum Gasteiger partial charge on any atom is 0.387 e. The van der Waals surface area contributed by atoms with Gasteiger partial charge in [-0.25, -0.2) is 0 Å². The van der Waals surface area contributed by atoms with Gasteiger partial charge in [0.15, 0.2) is 17.5 Å². The number of nitrogens with zero attached hydrogens (tertiary/aromatic N) is 1. The average molecular weight is 575 g/mol. The van der Waals surface area contributed by atoms with Crippen molar-refractivity contribution in [2.45, 2.75) is 38.3 Å². The predicted molar refractivity (Wildman–Crippen MR) is 136 cm³/mol. The molecule has 182 valence electrons. The highest BCUT2D eigenvalue weighted by molar-refractivity contribution is 14.0. The van der Waals surface area contributed by atoms with Crippen LogP contribution in [0.3, 0.4) is 0 Å². The molecule has 0 saturated carbocycles. The van der Waals surface area contributed by atoms with E-state index in [-0.39, 0.29) is 41.7 Å². The maximum absolute atomic E-state index is 13.0. The summed E-state index contributed by atoms with van der Waals surface area (Å²) in [5.41, 5.74) is 1.77. The highest BCUT2D eigenvalue weighted by Gasteiger charge is 2.34. The van der Waals surface area contributed by atoms with E-state index in [0.29, 0.717) is 43.6 Å². The summed E-state index contributed by atoms with van der Waals surface area (Å²) in [6.07, 6.45) is 1.81. The van der Waals surface area contributed by atoms with Gasteiger partial charge < -0.3 is 24.8 Å². The van der Waals surface area contributed by atoms with Gasteiger partial charge in [-0.1, -0.05) is 42.5 Å². The Morgan fingerprint density at radius 2 is 1.82 bits per heavy atom. The number of nitrogens with one attached hydrogen (secondary N) is 2. The summed E-state index contributed by atoms with van der Waals surface area (Å²) in [7, 11) is 1.68. The van der Waals surface area contributed by atoms with Crippen LogP contribution in [0.5, 0.6) is 11.5 Å². The number of rotatable bonds is 9. The third kappa shape index (κ3) is 7.43. The summed E-state index contributed by atoms with van der Waals surface area (Å²) in [4.78, 5) is 4.30. The van der Waals surface area contributed by atoms with Crippen LogP contribution in [0.1, 0.15) is 30.9 Å². The molecular formula is C24H32F2IN3O3. The smallest absolute Gasteiger partial charge is 0.387 e.